The average molecular weight is 300 g/mol. The summed E-state index contributed by atoms with van der Waals surface area (Å²) in [6.45, 7) is 6.08. The molecule has 22 heavy (non-hydrogen) atoms. The molecule has 0 radical (unpaired) electrons. The fraction of sp³-hybridized carbons (Fsp3) is 0.278. The van der Waals surface area contributed by atoms with E-state index in [4.69, 9.17) is 9.84 Å². The van der Waals surface area contributed by atoms with Crippen LogP contribution < -0.4 is 4.74 Å². The van der Waals surface area contributed by atoms with E-state index in [1.807, 2.05) is 32.9 Å². The highest BCUT2D eigenvalue weighted by atomic mass is 16.5. The first kappa shape index (κ1) is 15.9. The Morgan fingerprint density at radius 1 is 1.09 bits per heavy atom. The molecule has 0 spiro atoms. The SMILES string of the molecule is Cc1ccc(CC(=O)O)cc1OCc1c(C)ccc(O)c1C. The van der Waals surface area contributed by atoms with Gasteiger partial charge in [0.15, 0.2) is 0 Å². The summed E-state index contributed by atoms with van der Waals surface area (Å²) in [6, 6.07) is 8.94. The normalized spacial score (nSPS) is 10.5. The Balaban J connectivity index is 2.21. The maximum atomic E-state index is 10.8. The molecule has 0 aliphatic carbocycles. The average Bonchev–Trinajstić information content (AvgIpc) is 2.45. The van der Waals surface area contributed by atoms with Crippen molar-refractivity contribution in [3.8, 4) is 11.5 Å². The van der Waals surface area contributed by atoms with Gasteiger partial charge in [-0.3, -0.25) is 4.79 Å². The van der Waals surface area contributed by atoms with E-state index >= 15 is 0 Å². The minimum atomic E-state index is -0.866. The molecule has 2 rings (SSSR count). The van der Waals surface area contributed by atoms with Crippen molar-refractivity contribution in [3.05, 3.63) is 58.1 Å². The molecule has 4 heteroatoms. The number of rotatable bonds is 5. The third-order valence-corrected chi connectivity index (χ3v) is 3.78. The lowest BCUT2D eigenvalue weighted by Crippen LogP contribution is -2.04. The number of benzene rings is 2. The smallest absolute Gasteiger partial charge is 0.307 e. The summed E-state index contributed by atoms with van der Waals surface area (Å²) >= 11 is 0. The van der Waals surface area contributed by atoms with Gasteiger partial charge in [-0.15, -0.1) is 0 Å². The number of aliphatic carboxylic acids is 1. The first-order valence-electron chi connectivity index (χ1n) is 7.10. The highest BCUT2D eigenvalue weighted by Crippen LogP contribution is 2.26. The fourth-order valence-electron chi connectivity index (χ4n) is 2.34. The molecular formula is C18H20O4. The highest BCUT2D eigenvalue weighted by Gasteiger charge is 2.10. The number of hydrogen-bond acceptors (Lipinski definition) is 3. The third-order valence-electron chi connectivity index (χ3n) is 3.78. The van der Waals surface area contributed by atoms with Gasteiger partial charge in [0.05, 0.1) is 6.42 Å². The van der Waals surface area contributed by atoms with Crippen molar-refractivity contribution in [2.75, 3.05) is 0 Å². The molecular weight excluding hydrogens is 280 g/mol. The molecule has 2 aromatic carbocycles. The van der Waals surface area contributed by atoms with Crippen LogP contribution in [0, 0.1) is 20.8 Å². The number of carboxylic acids is 1. The Morgan fingerprint density at radius 3 is 2.45 bits per heavy atom. The van der Waals surface area contributed by atoms with Gasteiger partial charge in [0.2, 0.25) is 0 Å². The Bertz CT molecular complexity index is 704. The first-order chi connectivity index (χ1) is 10.4. The van der Waals surface area contributed by atoms with Gasteiger partial charge in [-0.05, 0) is 60.7 Å². The van der Waals surface area contributed by atoms with E-state index < -0.39 is 5.97 Å². The summed E-state index contributed by atoms with van der Waals surface area (Å²) in [5.74, 6) is 0.0518. The molecule has 0 fully saturated rings. The maximum Gasteiger partial charge on any atom is 0.307 e. The van der Waals surface area contributed by atoms with Crippen molar-refractivity contribution >= 4 is 5.97 Å². The van der Waals surface area contributed by atoms with Crippen molar-refractivity contribution in [1.29, 1.82) is 0 Å². The topological polar surface area (TPSA) is 66.8 Å². The highest BCUT2D eigenvalue weighted by molar-refractivity contribution is 5.70. The van der Waals surface area contributed by atoms with E-state index in [2.05, 4.69) is 0 Å². The standard InChI is InChI=1S/C18H20O4/c1-11-5-7-16(19)13(3)15(11)10-22-17-8-14(9-18(20)21)6-4-12(17)2/h4-8,19H,9-10H2,1-3H3,(H,20,21). The summed E-state index contributed by atoms with van der Waals surface area (Å²) in [5.41, 5.74) is 4.46. The van der Waals surface area contributed by atoms with Crippen LogP contribution in [0.5, 0.6) is 11.5 Å². The Hall–Kier alpha value is -2.49. The van der Waals surface area contributed by atoms with Gasteiger partial charge < -0.3 is 14.9 Å². The van der Waals surface area contributed by atoms with Crippen molar-refractivity contribution in [2.45, 2.75) is 33.8 Å². The van der Waals surface area contributed by atoms with E-state index in [-0.39, 0.29) is 12.2 Å². The van der Waals surface area contributed by atoms with Crippen molar-refractivity contribution in [2.24, 2.45) is 0 Å². The molecule has 2 N–H and O–H groups in total. The second-order valence-electron chi connectivity index (χ2n) is 5.46. The lowest BCUT2D eigenvalue weighted by molar-refractivity contribution is -0.136. The van der Waals surface area contributed by atoms with E-state index in [9.17, 15) is 9.90 Å². The number of phenols is 1. The lowest BCUT2D eigenvalue weighted by atomic mass is 10.0. The number of carboxylic acid groups (broad SMARTS) is 1. The number of carbonyl (C=O) groups is 1. The minimum Gasteiger partial charge on any atom is -0.508 e. The zero-order valence-electron chi connectivity index (χ0n) is 13.0. The Labute approximate surface area is 130 Å². The quantitative estimate of drug-likeness (QED) is 0.886. The summed E-state index contributed by atoms with van der Waals surface area (Å²) in [4.78, 5) is 10.8. The first-order valence-corrected chi connectivity index (χ1v) is 7.10. The Morgan fingerprint density at radius 2 is 1.77 bits per heavy atom. The largest absolute Gasteiger partial charge is 0.508 e. The lowest BCUT2D eigenvalue weighted by Gasteiger charge is -2.14. The van der Waals surface area contributed by atoms with Crippen LogP contribution in [0.15, 0.2) is 30.3 Å². The summed E-state index contributed by atoms with van der Waals surface area (Å²) in [6.07, 6.45) is -0.0270. The van der Waals surface area contributed by atoms with Crippen molar-refractivity contribution in [3.63, 3.8) is 0 Å². The van der Waals surface area contributed by atoms with Crippen LogP contribution in [0.4, 0.5) is 0 Å². The zero-order valence-corrected chi connectivity index (χ0v) is 13.0. The van der Waals surface area contributed by atoms with Crippen LogP contribution in [0.2, 0.25) is 0 Å². The van der Waals surface area contributed by atoms with Crippen LogP contribution in [0.25, 0.3) is 0 Å². The molecule has 0 heterocycles. The molecule has 0 bridgehead atoms. The molecule has 0 amide bonds. The van der Waals surface area contributed by atoms with Crippen molar-refractivity contribution in [1.82, 2.24) is 0 Å². The second kappa shape index (κ2) is 6.52. The van der Waals surface area contributed by atoms with Crippen LogP contribution in [0.3, 0.4) is 0 Å². The zero-order chi connectivity index (χ0) is 16.3. The number of ether oxygens (including phenoxy) is 1. The number of phenolic OH excluding ortho intramolecular Hbond substituents is 1. The molecule has 0 aliphatic heterocycles. The van der Waals surface area contributed by atoms with E-state index in [0.29, 0.717) is 17.9 Å². The molecule has 0 aromatic heterocycles. The van der Waals surface area contributed by atoms with Gasteiger partial charge in [-0.25, -0.2) is 0 Å². The van der Waals surface area contributed by atoms with E-state index in [1.54, 1.807) is 18.2 Å². The summed E-state index contributed by atoms with van der Waals surface area (Å²) < 4.78 is 5.86. The summed E-state index contributed by atoms with van der Waals surface area (Å²) in [5, 5.41) is 18.7. The molecule has 4 nitrogen and oxygen atoms in total. The van der Waals surface area contributed by atoms with Gasteiger partial charge in [0.1, 0.15) is 18.1 Å². The molecule has 0 saturated heterocycles. The van der Waals surface area contributed by atoms with Gasteiger partial charge in [0.25, 0.3) is 0 Å². The van der Waals surface area contributed by atoms with Crippen LogP contribution in [-0.4, -0.2) is 16.2 Å². The van der Waals surface area contributed by atoms with Gasteiger partial charge in [0, 0.05) is 0 Å². The fourth-order valence-corrected chi connectivity index (χ4v) is 2.34. The van der Waals surface area contributed by atoms with Gasteiger partial charge in [-0.1, -0.05) is 18.2 Å². The van der Waals surface area contributed by atoms with Gasteiger partial charge in [-0.2, -0.15) is 0 Å². The van der Waals surface area contributed by atoms with Gasteiger partial charge >= 0.3 is 5.97 Å². The molecule has 2 aromatic rings. The predicted octanol–water partition coefficient (Wildman–Crippen LogP) is 3.52. The molecule has 116 valence electrons. The van der Waals surface area contributed by atoms with Crippen LogP contribution >= 0.6 is 0 Å². The third kappa shape index (κ3) is 3.58. The second-order valence-corrected chi connectivity index (χ2v) is 5.46. The van der Waals surface area contributed by atoms with E-state index in [0.717, 1.165) is 22.3 Å². The van der Waals surface area contributed by atoms with Crippen LogP contribution in [-0.2, 0) is 17.8 Å². The Kier molecular flexibility index (Phi) is 4.71. The molecule has 0 aliphatic rings. The van der Waals surface area contributed by atoms with E-state index in [1.165, 1.54) is 0 Å². The monoisotopic (exact) mass is 300 g/mol. The molecule has 0 unspecified atom stereocenters. The molecule has 0 saturated carbocycles. The minimum absolute atomic E-state index is 0.0270. The maximum absolute atomic E-state index is 10.8. The molecule has 0 atom stereocenters. The predicted molar refractivity (Wildman–Crippen MR) is 84.4 cm³/mol. The van der Waals surface area contributed by atoms with Crippen LogP contribution in [0.1, 0.15) is 27.8 Å². The summed E-state index contributed by atoms with van der Waals surface area (Å²) in [7, 11) is 0. The number of aromatic hydroxyl groups is 1. The van der Waals surface area contributed by atoms with Crippen molar-refractivity contribution < 1.29 is 19.7 Å². The number of hydrogen-bond donors (Lipinski definition) is 2. The number of aryl methyl sites for hydroxylation is 2.